The lowest BCUT2D eigenvalue weighted by Gasteiger charge is -2.17. The molecule has 1 amide bonds. The molecule has 1 saturated heterocycles. The van der Waals surface area contributed by atoms with Gasteiger partial charge in [-0.15, -0.1) is 0 Å². The normalized spacial score (nSPS) is 19.3. The standard InChI is InChI=1S/C17H19ClN4O5/c18-12-7-22(17(26)20-15(12)24)13-8-21(9-14(13)23)16(25)10-1-3-11(4-2-10)27-6-5-19/h1-4,7,13-14,23H,5-6,8-9,19H2,(H,20,24,26)/t13-,14-/m0/s1. The summed E-state index contributed by atoms with van der Waals surface area (Å²) in [4.78, 5) is 39.6. The van der Waals surface area contributed by atoms with E-state index in [-0.39, 0.29) is 24.0 Å². The number of amides is 1. The van der Waals surface area contributed by atoms with Gasteiger partial charge in [0.25, 0.3) is 11.5 Å². The van der Waals surface area contributed by atoms with E-state index < -0.39 is 23.4 Å². The Hall–Kier alpha value is -2.62. The monoisotopic (exact) mass is 394 g/mol. The van der Waals surface area contributed by atoms with Crippen molar-refractivity contribution in [1.82, 2.24) is 14.5 Å². The van der Waals surface area contributed by atoms with Gasteiger partial charge in [-0.1, -0.05) is 11.6 Å². The molecule has 0 saturated carbocycles. The summed E-state index contributed by atoms with van der Waals surface area (Å²) in [6.45, 7) is 0.928. The van der Waals surface area contributed by atoms with E-state index in [1.54, 1.807) is 24.3 Å². The second-order valence-electron chi connectivity index (χ2n) is 6.15. The number of rotatable bonds is 5. The zero-order valence-electron chi connectivity index (χ0n) is 14.3. The Morgan fingerprint density at radius 3 is 2.67 bits per heavy atom. The van der Waals surface area contributed by atoms with Gasteiger partial charge in [-0.25, -0.2) is 4.79 Å². The summed E-state index contributed by atoms with van der Waals surface area (Å²) in [5.74, 6) is 0.316. The van der Waals surface area contributed by atoms with Gasteiger partial charge in [-0.3, -0.25) is 19.1 Å². The minimum atomic E-state index is -0.972. The number of halogens is 1. The van der Waals surface area contributed by atoms with Gasteiger partial charge in [0.15, 0.2) is 0 Å². The van der Waals surface area contributed by atoms with Crippen LogP contribution in [0.1, 0.15) is 16.4 Å². The van der Waals surface area contributed by atoms with Gasteiger partial charge in [-0.05, 0) is 24.3 Å². The maximum Gasteiger partial charge on any atom is 0.328 e. The van der Waals surface area contributed by atoms with Crippen LogP contribution in [0.25, 0.3) is 0 Å². The number of nitrogens with two attached hydrogens (primary N) is 1. The van der Waals surface area contributed by atoms with Gasteiger partial charge in [0.05, 0.1) is 12.1 Å². The van der Waals surface area contributed by atoms with E-state index in [4.69, 9.17) is 22.1 Å². The van der Waals surface area contributed by atoms with Gasteiger partial charge in [0.2, 0.25) is 0 Å². The first-order valence-corrected chi connectivity index (χ1v) is 8.69. The molecule has 1 aliphatic heterocycles. The first-order chi connectivity index (χ1) is 12.9. The zero-order valence-corrected chi connectivity index (χ0v) is 15.1. The summed E-state index contributed by atoms with van der Waals surface area (Å²) in [7, 11) is 0. The van der Waals surface area contributed by atoms with E-state index in [0.717, 1.165) is 4.57 Å². The molecule has 4 N–H and O–H groups in total. The van der Waals surface area contributed by atoms with Crippen molar-refractivity contribution >= 4 is 17.5 Å². The van der Waals surface area contributed by atoms with Gasteiger partial charge in [0.1, 0.15) is 17.4 Å². The summed E-state index contributed by atoms with van der Waals surface area (Å²) in [6.07, 6.45) is 0.203. The van der Waals surface area contributed by atoms with Crippen LogP contribution in [0.2, 0.25) is 5.02 Å². The predicted molar refractivity (Wildman–Crippen MR) is 98.3 cm³/mol. The zero-order chi connectivity index (χ0) is 19.6. The third-order valence-electron chi connectivity index (χ3n) is 4.32. The van der Waals surface area contributed by atoms with E-state index in [0.29, 0.717) is 24.5 Å². The smallest absolute Gasteiger partial charge is 0.328 e. The van der Waals surface area contributed by atoms with Crippen LogP contribution in [-0.2, 0) is 0 Å². The number of nitrogens with one attached hydrogen (secondary N) is 1. The van der Waals surface area contributed by atoms with E-state index in [1.807, 2.05) is 0 Å². The van der Waals surface area contributed by atoms with Crippen LogP contribution in [0.5, 0.6) is 5.75 Å². The number of carbonyl (C=O) groups excluding carboxylic acids is 1. The number of aliphatic hydroxyl groups is 1. The number of H-pyrrole nitrogens is 1. The fraction of sp³-hybridized carbons (Fsp3) is 0.353. The Kier molecular flexibility index (Phi) is 5.64. The van der Waals surface area contributed by atoms with Crippen LogP contribution < -0.4 is 21.7 Å². The molecule has 9 nitrogen and oxygen atoms in total. The number of aromatic nitrogens is 2. The third-order valence-corrected chi connectivity index (χ3v) is 4.58. The van der Waals surface area contributed by atoms with Crippen molar-refractivity contribution in [3.63, 3.8) is 0 Å². The molecule has 2 heterocycles. The molecule has 1 aromatic carbocycles. The molecule has 0 unspecified atom stereocenters. The fourth-order valence-corrected chi connectivity index (χ4v) is 3.12. The van der Waals surface area contributed by atoms with Crippen LogP contribution in [0.15, 0.2) is 40.1 Å². The molecule has 144 valence electrons. The van der Waals surface area contributed by atoms with Crippen molar-refractivity contribution in [2.75, 3.05) is 26.2 Å². The highest BCUT2D eigenvalue weighted by molar-refractivity contribution is 6.30. The van der Waals surface area contributed by atoms with Crippen LogP contribution in [0.4, 0.5) is 0 Å². The molecule has 1 aliphatic rings. The molecule has 3 rings (SSSR count). The Bertz CT molecular complexity index is 940. The molecule has 2 atom stereocenters. The Balaban J connectivity index is 1.76. The van der Waals surface area contributed by atoms with Crippen LogP contribution in [0.3, 0.4) is 0 Å². The maximum absolute atomic E-state index is 12.7. The topological polar surface area (TPSA) is 131 Å². The van der Waals surface area contributed by atoms with Crippen molar-refractivity contribution in [1.29, 1.82) is 0 Å². The van der Waals surface area contributed by atoms with Crippen molar-refractivity contribution in [2.45, 2.75) is 12.1 Å². The fourth-order valence-electron chi connectivity index (χ4n) is 2.97. The maximum atomic E-state index is 12.7. The summed E-state index contributed by atoms with van der Waals surface area (Å²) < 4.78 is 6.52. The predicted octanol–water partition coefficient (Wildman–Crippen LogP) is -0.415. The highest BCUT2D eigenvalue weighted by Crippen LogP contribution is 2.23. The lowest BCUT2D eigenvalue weighted by molar-refractivity contribution is 0.0764. The van der Waals surface area contributed by atoms with Gasteiger partial charge in [-0.2, -0.15) is 0 Å². The van der Waals surface area contributed by atoms with Gasteiger partial charge >= 0.3 is 5.69 Å². The van der Waals surface area contributed by atoms with Crippen molar-refractivity contribution in [3.8, 4) is 5.75 Å². The van der Waals surface area contributed by atoms with Gasteiger partial charge < -0.3 is 20.5 Å². The number of hydrogen-bond acceptors (Lipinski definition) is 6. The first-order valence-electron chi connectivity index (χ1n) is 8.32. The number of hydrogen-bond donors (Lipinski definition) is 3. The Labute approximate surface area is 158 Å². The number of carbonyl (C=O) groups is 1. The largest absolute Gasteiger partial charge is 0.492 e. The van der Waals surface area contributed by atoms with Gasteiger partial charge in [0, 0.05) is 31.4 Å². The quantitative estimate of drug-likeness (QED) is 0.631. The Morgan fingerprint density at radius 1 is 1.30 bits per heavy atom. The Morgan fingerprint density at radius 2 is 2.00 bits per heavy atom. The van der Waals surface area contributed by atoms with Crippen LogP contribution in [0, 0.1) is 0 Å². The molecular formula is C17H19ClN4O5. The number of aliphatic hydroxyl groups excluding tert-OH is 1. The number of benzene rings is 1. The minimum Gasteiger partial charge on any atom is -0.492 e. The molecule has 0 spiro atoms. The summed E-state index contributed by atoms with van der Waals surface area (Å²) in [5, 5.41) is 10.1. The molecule has 1 aromatic heterocycles. The average molecular weight is 395 g/mol. The lowest BCUT2D eigenvalue weighted by atomic mass is 10.2. The lowest BCUT2D eigenvalue weighted by Crippen LogP contribution is -2.36. The molecule has 10 heteroatoms. The van der Waals surface area contributed by atoms with E-state index in [9.17, 15) is 19.5 Å². The summed E-state index contributed by atoms with van der Waals surface area (Å²) in [5.41, 5.74) is 4.41. The van der Waals surface area contributed by atoms with Crippen molar-refractivity contribution in [2.24, 2.45) is 5.73 Å². The van der Waals surface area contributed by atoms with E-state index >= 15 is 0 Å². The summed E-state index contributed by atoms with van der Waals surface area (Å²) in [6, 6.07) is 5.87. The van der Waals surface area contributed by atoms with E-state index in [2.05, 4.69) is 4.98 Å². The van der Waals surface area contributed by atoms with Crippen molar-refractivity contribution in [3.05, 3.63) is 61.9 Å². The molecule has 1 fully saturated rings. The average Bonchev–Trinajstić information content (AvgIpc) is 3.04. The highest BCUT2D eigenvalue weighted by Gasteiger charge is 2.36. The second-order valence-corrected chi connectivity index (χ2v) is 6.56. The SMILES string of the molecule is NCCOc1ccc(C(=O)N2C[C@H](O)[C@@H](n3cc(Cl)c(=O)[nH]c3=O)C2)cc1. The second kappa shape index (κ2) is 7.95. The van der Waals surface area contributed by atoms with E-state index in [1.165, 1.54) is 11.1 Å². The highest BCUT2D eigenvalue weighted by atomic mass is 35.5. The van der Waals surface area contributed by atoms with Crippen LogP contribution >= 0.6 is 11.6 Å². The number of likely N-dealkylation sites (tertiary alicyclic amines) is 1. The summed E-state index contributed by atoms with van der Waals surface area (Å²) >= 11 is 5.77. The number of ether oxygens (including phenoxy) is 1. The molecule has 0 bridgehead atoms. The molecule has 0 radical (unpaired) electrons. The molecular weight excluding hydrogens is 376 g/mol. The third kappa shape index (κ3) is 4.05. The molecule has 0 aliphatic carbocycles. The first kappa shape index (κ1) is 19.2. The minimum absolute atomic E-state index is 0.0537. The number of β-amino-alcohol motifs (C(OH)–C–C–N with tert-alkyl or cyclic N) is 1. The molecule has 27 heavy (non-hydrogen) atoms. The molecule has 2 aromatic rings. The van der Waals surface area contributed by atoms with Crippen molar-refractivity contribution < 1.29 is 14.6 Å². The number of aromatic amines is 1. The number of nitrogens with zero attached hydrogens (tertiary/aromatic N) is 2. The van der Waals surface area contributed by atoms with Crippen LogP contribution in [-0.4, -0.2) is 57.8 Å².